The first-order valence-electron chi connectivity index (χ1n) is 10.1. The van der Waals surface area contributed by atoms with Crippen molar-refractivity contribution in [2.45, 2.75) is 72.1 Å². The van der Waals surface area contributed by atoms with Gasteiger partial charge in [-0.05, 0) is 85.5 Å². The zero-order valence-electron chi connectivity index (χ0n) is 15.5. The maximum Gasteiger partial charge on any atom is 0.155 e. The van der Waals surface area contributed by atoms with E-state index in [-0.39, 0.29) is 11.3 Å². The molecule has 3 unspecified atom stereocenters. The number of carbonyl (C=O) groups is 2. The highest BCUT2D eigenvalue weighted by atomic mass is 16.1. The molecule has 0 aliphatic heterocycles. The van der Waals surface area contributed by atoms with Crippen molar-refractivity contribution < 1.29 is 9.59 Å². The molecule has 0 saturated heterocycles. The fourth-order valence-electron chi connectivity index (χ4n) is 7.56. The molecule has 0 bridgehead atoms. The highest BCUT2D eigenvalue weighted by molar-refractivity contribution is 5.91. The molecular weight excluding hydrogens is 296 g/mol. The Morgan fingerprint density at radius 3 is 2.62 bits per heavy atom. The zero-order valence-corrected chi connectivity index (χ0v) is 15.5. The summed E-state index contributed by atoms with van der Waals surface area (Å²) in [6, 6.07) is 0. The van der Waals surface area contributed by atoms with Gasteiger partial charge in [0.25, 0.3) is 0 Å². The number of ketones is 1. The molecule has 3 fully saturated rings. The lowest BCUT2D eigenvalue weighted by Gasteiger charge is -2.58. The monoisotopic (exact) mass is 328 g/mol. The van der Waals surface area contributed by atoms with Gasteiger partial charge < -0.3 is 4.79 Å². The Labute approximate surface area is 146 Å². The standard InChI is InChI=1S/C22H32O2/c1-14(13-23)18-6-7-19-17-5-4-15-12-16(24)8-10-21(15,2)20(17)9-11-22(18,19)3/h12-14,17-20H,4-11H2,1-3H3/t14-,17?,18+,19?,20?,21-,22+/m0/s1. The minimum absolute atomic E-state index is 0.207. The number of allylic oxidation sites excluding steroid dienone is 1. The van der Waals surface area contributed by atoms with Crippen molar-refractivity contribution in [3.8, 4) is 0 Å². The summed E-state index contributed by atoms with van der Waals surface area (Å²) in [6.45, 7) is 7.07. The van der Waals surface area contributed by atoms with Crippen LogP contribution in [0, 0.1) is 40.4 Å². The molecule has 4 rings (SSSR count). The van der Waals surface area contributed by atoms with E-state index < -0.39 is 0 Å². The molecule has 0 aromatic rings. The first-order chi connectivity index (χ1) is 11.4. The van der Waals surface area contributed by atoms with E-state index in [2.05, 4.69) is 20.8 Å². The van der Waals surface area contributed by atoms with E-state index in [1.54, 1.807) is 0 Å². The van der Waals surface area contributed by atoms with Crippen LogP contribution >= 0.6 is 0 Å². The largest absolute Gasteiger partial charge is 0.303 e. The Hall–Kier alpha value is -0.920. The van der Waals surface area contributed by atoms with E-state index in [9.17, 15) is 9.59 Å². The fraction of sp³-hybridized carbons (Fsp3) is 0.818. The van der Waals surface area contributed by atoms with Crippen LogP contribution < -0.4 is 0 Å². The van der Waals surface area contributed by atoms with E-state index in [0.717, 1.165) is 37.0 Å². The average molecular weight is 328 g/mol. The Balaban J connectivity index is 1.65. The highest BCUT2D eigenvalue weighted by Gasteiger charge is 2.59. The molecule has 0 spiro atoms. The van der Waals surface area contributed by atoms with Gasteiger partial charge in [0.05, 0.1) is 0 Å². The van der Waals surface area contributed by atoms with Crippen molar-refractivity contribution in [3.63, 3.8) is 0 Å². The Kier molecular flexibility index (Phi) is 3.82. The topological polar surface area (TPSA) is 34.1 Å². The molecule has 24 heavy (non-hydrogen) atoms. The summed E-state index contributed by atoms with van der Waals surface area (Å²) < 4.78 is 0. The van der Waals surface area contributed by atoms with Crippen LogP contribution in [0.4, 0.5) is 0 Å². The number of aldehydes is 1. The highest BCUT2D eigenvalue weighted by Crippen LogP contribution is 2.67. The summed E-state index contributed by atoms with van der Waals surface area (Å²) in [5.41, 5.74) is 2.09. The van der Waals surface area contributed by atoms with Crippen LogP contribution in [0.2, 0.25) is 0 Å². The smallest absolute Gasteiger partial charge is 0.155 e. The Morgan fingerprint density at radius 1 is 1.08 bits per heavy atom. The molecule has 0 amide bonds. The molecule has 4 aliphatic rings. The predicted octanol–water partition coefficient (Wildman–Crippen LogP) is 4.97. The van der Waals surface area contributed by atoms with Crippen LogP contribution in [0.25, 0.3) is 0 Å². The summed E-state index contributed by atoms with van der Waals surface area (Å²) in [7, 11) is 0. The Bertz CT molecular complexity index is 591. The second-order valence-electron chi connectivity index (χ2n) is 9.69. The van der Waals surface area contributed by atoms with Gasteiger partial charge >= 0.3 is 0 Å². The average Bonchev–Trinajstić information content (AvgIpc) is 2.92. The summed E-state index contributed by atoms with van der Waals surface area (Å²) in [5, 5.41) is 0. The summed E-state index contributed by atoms with van der Waals surface area (Å²) in [6.07, 6.45) is 12.5. The minimum Gasteiger partial charge on any atom is -0.303 e. The van der Waals surface area contributed by atoms with Crippen molar-refractivity contribution in [2.24, 2.45) is 40.4 Å². The van der Waals surface area contributed by atoms with Crippen LogP contribution in [0.5, 0.6) is 0 Å². The van der Waals surface area contributed by atoms with Gasteiger partial charge in [-0.1, -0.05) is 26.3 Å². The van der Waals surface area contributed by atoms with Gasteiger partial charge in [0.2, 0.25) is 0 Å². The van der Waals surface area contributed by atoms with Gasteiger partial charge in [0.15, 0.2) is 5.78 Å². The van der Waals surface area contributed by atoms with E-state index in [4.69, 9.17) is 0 Å². The third-order valence-electron chi connectivity index (χ3n) is 8.88. The summed E-state index contributed by atoms with van der Waals surface area (Å²) >= 11 is 0. The van der Waals surface area contributed by atoms with Crippen LogP contribution in [0.1, 0.15) is 72.1 Å². The third-order valence-corrected chi connectivity index (χ3v) is 8.88. The fourth-order valence-corrected chi connectivity index (χ4v) is 7.56. The lowest BCUT2D eigenvalue weighted by Crippen LogP contribution is -2.51. The zero-order chi connectivity index (χ0) is 17.1. The molecule has 7 atom stereocenters. The SMILES string of the molecule is C[C@@H](C=O)[C@H]1CCC2C3CCC4=CC(=O)CC[C@]4(C)C3CC[C@@]21C. The molecule has 0 radical (unpaired) electrons. The quantitative estimate of drug-likeness (QED) is 0.671. The van der Waals surface area contributed by atoms with Crippen molar-refractivity contribution in [2.75, 3.05) is 0 Å². The van der Waals surface area contributed by atoms with E-state index in [0.29, 0.717) is 17.1 Å². The Morgan fingerprint density at radius 2 is 1.88 bits per heavy atom. The van der Waals surface area contributed by atoms with Crippen LogP contribution in [-0.2, 0) is 9.59 Å². The molecule has 2 nitrogen and oxygen atoms in total. The molecular formula is C22H32O2. The lowest BCUT2D eigenvalue weighted by atomic mass is 9.46. The first-order valence-corrected chi connectivity index (χ1v) is 10.1. The second kappa shape index (κ2) is 5.54. The van der Waals surface area contributed by atoms with Crippen molar-refractivity contribution in [1.82, 2.24) is 0 Å². The maximum atomic E-state index is 11.9. The molecule has 0 heterocycles. The maximum absolute atomic E-state index is 11.9. The van der Waals surface area contributed by atoms with Gasteiger partial charge in [-0.25, -0.2) is 0 Å². The second-order valence-corrected chi connectivity index (χ2v) is 9.69. The van der Waals surface area contributed by atoms with Gasteiger partial charge in [-0.3, -0.25) is 4.79 Å². The lowest BCUT2D eigenvalue weighted by molar-refractivity contribution is -0.118. The molecule has 132 valence electrons. The number of carbonyl (C=O) groups excluding carboxylic acids is 2. The van der Waals surface area contributed by atoms with E-state index >= 15 is 0 Å². The van der Waals surface area contributed by atoms with Crippen LogP contribution in [-0.4, -0.2) is 12.1 Å². The first kappa shape index (κ1) is 16.5. The minimum atomic E-state index is 0.207. The number of hydrogen-bond acceptors (Lipinski definition) is 2. The van der Waals surface area contributed by atoms with Crippen molar-refractivity contribution >= 4 is 12.1 Å². The van der Waals surface area contributed by atoms with Gasteiger partial charge in [0, 0.05) is 12.3 Å². The normalized spacial score (nSPS) is 48.8. The van der Waals surface area contributed by atoms with E-state index in [1.165, 1.54) is 44.0 Å². The summed E-state index contributed by atoms with van der Waals surface area (Å²) in [5.74, 6) is 3.50. The van der Waals surface area contributed by atoms with Crippen LogP contribution in [0.15, 0.2) is 11.6 Å². The third kappa shape index (κ3) is 2.14. The van der Waals surface area contributed by atoms with Crippen molar-refractivity contribution in [1.29, 1.82) is 0 Å². The van der Waals surface area contributed by atoms with Crippen molar-refractivity contribution in [3.05, 3.63) is 11.6 Å². The summed E-state index contributed by atoms with van der Waals surface area (Å²) in [4.78, 5) is 23.3. The predicted molar refractivity (Wildman–Crippen MR) is 95.4 cm³/mol. The van der Waals surface area contributed by atoms with Gasteiger partial charge in [-0.15, -0.1) is 0 Å². The van der Waals surface area contributed by atoms with E-state index in [1.807, 2.05) is 6.08 Å². The van der Waals surface area contributed by atoms with Gasteiger partial charge in [-0.2, -0.15) is 0 Å². The molecule has 4 aliphatic carbocycles. The van der Waals surface area contributed by atoms with Gasteiger partial charge in [0.1, 0.15) is 6.29 Å². The molecule has 0 aromatic carbocycles. The van der Waals surface area contributed by atoms with Crippen LogP contribution in [0.3, 0.4) is 0 Å². The molecule has 0 N–H and O–H groups in total. The molecule has 0 aromatic heterocycles. The number of hydrogen-bond donors (Lipinski definition) is 0. The number of rotatable bonds is 2. The molecule has 3 saturated carbocycles. The number of fused-ring (bicyclic) bond motifs is 5. The molecule has 2 heteroatoms.